The maximum Gasteiger partial charge on any atom is 0.251 e. The van der Waals surface area contributed by atoms with Crippen molar-refractivity contribution in [3.8, 4) is 0 Å². The molecule has 2 N–H and O–H groups in total. The molecule has 2 aromatic carbocycles. The van der Waals surface area contributed by atoms with Gasteiger partial charge in [-0.15, -0.1) is 10.2 Å². The van der Waals surface area contributed by atoms with E-state index in [-0.39, 0.29) is 29.5 Å². The third-order valence-electron chi connectivity index (χ3n) is 5.19. The molecule has 2 amide bonds. The second kappa shape index (κ2) is 11.0. The number of rotatable bonds is 8. The molecule has 0 spiro atoms. The van der Waals surface area contributed by atoms with Gasteiger partial charge in [0.15, 0.2) is 11.0 Å². The molecule has 3 aromatic rings. The van der Waals surface area contributed by atoms with Crippen LogP contribution in [0.2, 0.25) is 0 Å². The van der Waals surface area contributed by atoms with Crippen molar-refractivity contribution in [2.24, 2.45) is 13.0 Å². The van der Waals surface area contributed by atoms with Crippen LogP contribution in [0.5, 0.6) is 0 Å². The lowest BCUT2D eigenvalue weighted by Crippen LogP contribution is -2.33. The van der Waals surface area contributed by atoms with Crippen LogP contribution >= 0.6 is 27.7 Å². The molecule has 7 nitrogen and oxygen atoms in total. The highest BCUT2D eigenvalue weighted by Gasteiger charge is 2.25. The van der Waals surface area contributed by atoms with Crippen molar-refractivity contribution in [2.45, 2.75) is 38.9 Å². The molecule has 9 heteroatoms. The van der Waals surface area contributed by atoms with Crippen molar-refractivity contribution in [1.82, 2.24) is 20.1 Å². The molecule has 1 atom stereocenters. The fraction of sp³-hybridized carbons (Fsp3) is 0.333. The second-order valence-electron chi connectivity index (χ2n) is 8.26. The summed E-state index contributed by atoms with van der Waals surface area (Å²) in [5.74, 6) is 0.666. The zero-order valence-corrected chi connectivity index (χ0v) is 21.8. The van der Waals surface area contributed by atoms with E-state index < -0.39 is 0 Å². The number of carbonyl (C=O) groups is 2. The maximum absolute atomic E-state index is 12.8. The standard InChI is InChI=1S/C24H28BrN5O2S/c1-14(2)21(27-23(32)17-8-6-15(3)7-9-17)22-28-29-24(30(22)5)33-13-20(31)26-18-10-11-19(25)16(4)12-18/h6-12,14,21H,13H2,1-5H3,(H,26,31)(H,27,32)/t21-/m1/s1. The number of halogens is 1. The van der Waals surface area contributed by atoms with Gasteiger partial charge in [-0.3, -0.25) is 9.59 Å². The average Bonchev–Trinajstić information content (AvgIpc) is 3.13. The molecule has 174 valence electrons. The lowest BCUT2D eigenvalue weighted by atomic mass is 10.0. The summed E-state index contributed by atoms with van der Waals surface area (Å²) in [4.78, 5) is 25.2. The van der Waals surface area contributed by atoms with Crippen molar-refractivity contribution in [3.05, 3.63) is 69.5 Å². The third kappa shape index (κ3) is 6.45. The summed E-state index contributed by atoms with van der Waals surface area (Å²) in [6.07, 6.45) is 0. The minimum atomic E-state index is -0.315. The summed E-state index contributed by atoms with van der Waals surface area (Å²) in [7, 11) is 1.85. The molecular formula is C24H28BrN5O2S. The van der Waals surface area contributed by atoms with Gasteiger partial charge in [-0.25, -0.2) is 0 Å². The Kier molecular flexibility index (Phi) is 8.31. The fourth-order valence-electron chi connectivity index (χ4n) is 3.23. The first-order valence-electron chi connectivity index (χ1n) is 10.6. The summed E-state index contributed by atoms with van der Waals surface area (Å²) in [6.45, 7) is 8.00. The molecule has 1 heterocycles. The molecule has 0 fully saturated rings. The van der Waals surface area contributed by atoms with Crippen LogP contribution in [0.3, 0.4) is 0 Å². The number of thioether (sulfide) groups is 1. The number of nitrogens with zero attached hydrogens (tertiary/aromatic N) is 3. The Bertz CT molecular complexity index is 1140. The fourth-order valence-corrected chi connectivity index (χ4v) is 4.20. The molecule has 0 saturated heterocycles. The van der Waals surface area contributed by atoms with Crippen LogP contribution in [0, 0.1) is 19.8 Å². The van der Waals surface area contributed by atoms with Gasteiger partial charge in [0.2, 0.25) is 5.91 Å². The normalized spacial score (nSPS) is 12.0. The first kappa shape index (κ1) is 25.0. The van der Waals surface area contributed by atoms with Crippen molar-refractivity contribution >= 4 is 45.2 Å². The van der Waals surface area contributed by atoms with Crippen molar-refractivity contribution in [3.63, 3.8) is 0 Å². The van der Waals surface area contributed by atoms with Crippen molar-refractivity contribution in [1.29, 1.82) is 0 Å². The Labute approximate surface area is 206 Å². The summed E-state index contributed by atoms with van der Waals surface area (Å²) in [5, 5.41) is 15.2. The highest BCUT2D eigenvalue weighted by Crippen LogP contribution is 2.25. The number of anilines is 1. The molecule has 0 aliphatic rings. The van der Waals surface area contributed by atoms with Gasteiger partial charge in [0.1, 0.15) is 0 Å². The van der Waals surface area contributed by atoms with Crippen molar-refractivity contribution < 1.29 is 9.59 Å². The maximum atomic E-state index is 12.8. The first-order chi connectivity index (χ1) is 15.7. The predicted octanol–water partition coefficient (Wildman–Crippen LogP) is 5.05. The number of hydrogen-bond acceptors (Lipinski definition) is 5. The van der Waals surface area contributed by atoms with E-state index in [9.17, 15) is 9.59 Å². The van der Waals surface area contributed by atoms with E-state index >= 15 is 0 Å². The van der Waals surface area contributed by atoms with E-state index in [1.54, 1.807) is 0 Å². The first-order valence-corrected chi connectivity index (χ1v) is 12.4. The van der Waals surface area contributed by atoms with Crippen LogP contribution < -0.4 is 10.6 Å². The number of nitrogens with one attached hydrogen (secondary N) is 2. The summed E-state index contributed by atoms with van der Waals surface area (Å²) in [5.41, 5.74) is 3.49. The summed E-state index contributed by atoms with van der Waals surface area (Å²) in [6, 6.07) is 12.8. The topological polar surface area (TPSA) is 88.9 Å². The lowest BCUT2D eigenvalue weighted by Gasteiger charge is -2.21. The Morgan fingerprint density at radius 3 is 2.42 bits per heavy atom. The molecule has 3 rings (SSSR count). The average molecular weight is 530 g/mol. The van der Waals surface area contributed by atoms with E-state index in [2.05, 4.69) is 36.8 Å². The van der Waals surface area contributed by atoms with Crippen LogP contribution in [-0.4, -0.2) is 32.3 Å². The molecular weight excluding hydrogens is 502 g/mol. The summed E-state index contributed by atoms with van der Waals surface area (Å²) < 4.78 is 2.83. The zero-order chi connectivity index (χ0) is 24.1. The highest BCUT2D eigenvalue weighted by atomic mass is 79.9. The molecule has 33 heavy (non-hydrogen) atoms. The molecule has 0 aliphatic heterocycles. The van der Waals surface area contributed by atoms with Crippen LogP contribution in [0.1, 0.15) is 47.2 Å². The number of benzene rings is 2. The number of aryl methyl sites for hydroxylation is 2. The third-order valence-corrected chi connectivity index (χ3v) is 7.10. The quantitative estimate of drug-likeness (QED) is 0.398. The van der Waals surface area contributed by atoms with E-state index in [1.165, 1.54) is 11.8 Å². The van der Waals surface area contributed by atoms with Crippen LogP contribution in [0.15, 0.2) is 52.1 Å². The molecule has 0 radical (unpaired) electrons. The Balaban J connectivity index is 1.65. The van der Waals surface area contributed by atoms with Gasteiger partial charge in [0.25, 0.3) is 5.91 Å². The minimum absolute atomic E-state index is 0.101. The molecule has 0 bridgehead atoms. The minimum Gasteiger partial charge on any atom is -0.342 e. The lowest BCUT2D eigenvalue weighted by molar-refractivity contribution is -0.113. The largest absolute Gasteiger partial charge is 0.342 e. The van der Waals surface area contributed by atoms with E-state index in [0.29, 0.717) is 16.5 Å². The van der Waals surface area contributed by atoms with Crippen molar-refractivity contribution in [2.75, 3.05) is 11.1 Å². The number of amides is 2. The van der Waals surface area contributed by atoms with Gasteiger partial charge in [-0.2, -0.15) is 0 Å². The van der Waals surface area contributed by atoms with Gasteiger partial charge in [0.05, 0.1) is 11.8 Å². The zero-order valence-electron chi connectivity index (χ0n) is 19.3. The predicted molar refractivity (Wildman–Crippen MR) is 135 cm³/mol. The van der Waals surface area contributed by atoms with Gasteiger partial charge < -0.3 is 15.2 Å². The van der Waals surface area contributed by atoms with E-state index in [1.807, 2.05) is 81.8 Å². The van der Waals surface area contributed by atoms with Gasteiger partial charge in [-0.1, -0.05) is 59.2 Å². The van der Waals surface area contributed by atoms with Crippen LogP contribution in [0.25, 0.3) is 0 Å². The highest BCUT2D eigenvalue weighted by molar-refractivity contribution is 9.10. The van der Waals surface area contributed by atoms with E-state index in [0.717, 1.165) is 21.3 Å². The Hall–Kier alpha value is -2.65. The number of carbonyl (C=O) groups excluding carboxylic acids is 2. The van der Waals surface area contributed by atoms with E-state index in [4.69, 9.17) is 0 Å². The van der Waals surface area contributed by atoms with Crippen LogP contribution in [-0.2, 0) is 11.8 Å². The summed E-state index contributed by atoms with van der Waals surface area (Å²) >= 11 is 4.76. The van der Waals surface area contributed by atoms with Gasteiger partial charge >= 0.3 is 0 Å². The molecule has 0 unspecified atom stereocenters. The van der Waals surface area contributed by atoms with Gasteiger partial charge in [0, 0.05) is 22.8 Å². The Morgan fingerprint density at radius 1 is 1.09 bits per heavy atom. The Morgan fingerprint density at radius 2 is 1.79 bits per heavy atom. The SMILES string of the molecule is Cc1ccc(C(=O)N[C@@H](c2nnc(SCC(=O)Nc3ccc(Br)c(C)c3)n2C)C(C)C)cc1. The molecule has 0 saturated carbocycles. The monoisotopic (exact) mass is 529 g/mol. The number of aromatic nitrogens is 3. The molecule has 1 aromatic heterocycles. The second-order valence-corrected chi connectivity index (χ2v) is 10.1. The van der Waals surface area contributed by atoms with Crippen LogP contribution in [0.4, 0.5) is 5.69 Å². The van der Waals surface area contributed by atoms with Gasteiger partial charge in [-0.05, 0) is 55.7 Å². The smallest absolute Gasteiger partial charge is 0.251 e. The number of hydrogen-bond donors (Lipinski definition) is 2. The molecule has 0 aliphatic carbocycles.